The number of hydrogen-bond acceptors (Lipinski definition) is 5. The minimum atomic E-state index is -3.71. The Hall–Kier alpha value is -2.36. The number of para-hydroxylation sites is 1. The lowest BCUT2D eigenvalue weighted by Crippen LogP contribution is -2.49. The van der Waals surface area contributed by atoms with Crippen LogP contribution in [0.4, 0.5) is 0 Å². The molecule has 2 aliphatic rings. The van der Waals surface area contributed by atoms with E-state index in [0.29, 0.717) is 50.5 Å². The van der Waals surface area contributed by atoms with Crippen LogP contribution in [0.25, 0.3) is 0 Å². The van der Waals surface area contributed by atoms with Crippen LogP contribution in [0.2, 0.25) is 0 Å². The highest BCUT2D eigenvalue weighted by Gasteiger charge is 2.43. The van der Waals surface area contributed by atoms with E-state index in [2.05, 4.69) is 4.98 Å². The van der Waals surface area contributed by atoms with Gasteiger partial charge in [0.2, 0.25) is 10.0 Å². The molecule has 30 heavy (non-hydrogen) atoms. The van der Waals surface area contributed by atoms with Gasteiger partial charge in [0.25, 0.3) is 5.91 Å². The topological polar surface area (TPSA) is 85.9 Å². The van der Waals surface area contributed by atoms with Crippen molar-refractivity contribution in [2.75, 3.05) is 40.3 Å². The number of aromatic amines is 1. The predicted octanol–water partition coefficient (Wildman–Crippen LogP) is 1.63. The first-order chi connectivity index (χ1) is 14.4. The number of nitrogens with zero attached hydrogens (tertiary/aromatic N) is 3. The summed E-state index contributed by atoms with van der Waals surface area (Å²) in [4.78, 5) is 19.8. The zero-order valence-corrected chi connectivity index (χ0v) is 18.1. The van der Waals surface area contributed by atoms with Crippen molar-refractivity contribution in [3.05, 3.63) is 48.3 Å². The van der Waals surface area contributed by atoms with Crippen molar-refractivity contribution in [3.8, 4) is 5.75 Å². The molecule has 1 aromatic carbocycles. The summed E-state index contributed by atoms with van der Waals surface area (Å²) in [6.07, 6.45) is 2.51. The summed E-state index contributed by atoms with van der Waals surface area (Å²) in [7, 11) is 0.143. The van der Waals surface area contributed by atoms with Crippen LogP contribution >= 0.6 is 0 Å². The third-order valence-electron chi connectivity index (χ3n) is 5.77. The molecular weight excluding hydrogens is 404 g/mol. The molecule has 2 aliphatic heterocycles. The number of amides is 1. The van der Waals surface area contributed by atoms with Gasteiger partial charge in [-0.2, -0.15) is 4.31 Å². The van der Waals surface area contributed by atoms with E-state index in [1.807, 2.05) is 19.0 Å². The fraction of sp³-hybridized carbons (Fsp3) is 0.476. The molecule has 0 unspecified atom stereocenters. The Bertz CT molecular complexity index is 990. The number of rotatable bonds is 4. The summed E-state index contributed by atoms with van der Waals surface area (Å²) in [5, 5.41) is 0. The highest BCUT2D eigenvalue weighted by molar-refractivity contribution is 7.89. The molecule has 1 saturated heterocycles. The van der Waals surface area contributed by atoms with Crippen LogP contribution < -0.4 is 4.74 Å². The van der Waals surface area contributed by atoms with E-state index in [1.54, 1.807) is 51.8 Å². The Morgan fingerprint density at radius 1 is 1.17 bits per heavy atom. The van der Waals surface area contributed by atoms with E-state index >= 15 is 0 Å². The maximum Gasteiger partial charge on any atom is 0.270 e. The first-order valence-electron chi connectivity index (χ1n) is 10.2. The van der Waals surface area contributed by atoms with Gasteiger partial charge < -0.3 is 19.5 Å². The monoisotopic (exact) mass is 432 g/mol. The lowest BCUT2D eigenvalue weighted by molar-refractivity contribution is 0.0750. The molecule has 0 aliphatic carbocycles. The Labute approximate surface area is 177 Å². The van der Waals surface area contributed by atoms with Crippen LogP contribution in [0.15, 0.2) is 47.5 Å². The number of hydrogen-bond donors (Lipinski definition) is 1. The molecular formula is C21H28N4O4S. The maximum absolute atomic E-state index is 13.5. The molecule has 9 heteroatoms. The first kappa shape index (κ1) is 20.9. The van der Waals surface area contributed by atoms with E-state index in [9.17, 15) is 13.2 Å². The SMILES string of the molecule is CN(C)CCN1[C@H]2CCN(C(=O)c3ccc[nH]3)CC[C@@H]2Oc2ccccc2S1(=O)=O. The van der Waals surface area contributed by atoms with Crippen molar-refractivity contribution in [1.82, 2.24) is 19.1 Å². The summed E-state index contributed by atoms with van der Waals surface area (Å²) >= 11 is 0. The van der Waals surface area contributed by atoms with Crippen LogP contribution in [0.5, 0.6) is 5.75 Å². The smallest absolute Gasteiger partial charge is 0.270 e. The van der Waals surface area contributed by atoms with Crippen LogP contribution in [-0.4, -0.2) is 85.8 Å². The molecule has 1 fully saturated rings. The normalized spacial score (nSPS) is 23.8. The predicted molar refractivity (Wildman–Crippen MR) is 113 cm³/mol. The zero-order chi connectivity index (χ0) is 21.3. The second-order valence-corrected chi connectivity index (χ2v) is 9.90. The van der Waals surface area contributed by atoms with Crippen LogP contribution in [0.1, 0.15) is 23.3 Å². The van der Waals surface area contributed by atoms with Gasteiger partial charge in [-0.15, -0.1) is 0 Å². The molecule has 0 radical (unpaired) electrons. The van der Waals surface area contributed by atoms with Gasteiger partial charge in [0, 0.05) is 38.8 Å². The Balaban J connectivity index is 1.66. The van der Waals surface area contributed by atoms with Crippen molar-refractivity contribution >= 4 is 15.9 Å². The lowest BCUT2D eigenvalue weighted by Gasteiger charge is -2.32. The van der Waals surface area contributed by atoms with Gasteiger partial charge in [0.05, 0.1) is 6.04 Å². The van der Waals surface area contributed by atoms with Crippen molar-refractivity contribution in [3.63, 3.8) is 0 Å². The third-order valence-corrected chi connectivity index (χ3v) is 7.74. The molecule has 0 spiro atoms. The molecule has 2 aromatic rings. The molecule has 3 heterocycles. The third kappa shape index (κ3) is 3.97. The molecule has 2 atom stereocenters. The number of benzene rings is 1. The average molecular weight is 433 g/mol. The lowest BCUT2D eigenvalue weighted by atomic mass is 10.1. The molecule has 1 amide bonds. The van der Waals surface area contributed by atoms with E-state index < -0.39 is 10.0 Å². The fourth-order valence-electron chi connectivity index (χ4n) is 4.18. The number of sulfonamides is 1. The largest absolute Gasteiger partial charge is 0.487 e. The second-order valence-electron chi connectivity index (χ2n) is 8.04. The molecule has 1 aromatic heterocycles. The van der Waals surface area contributed by atoms with Gasteiger partial charge in [-0.3, -0.25) is 4.79 Å². The van der Waals surface area contributed by atoms with E-state index in [4.69, 9.17) is 4.74 Å². The van der Waals surface area contributed by atoms with E-state index in [1.165, 1.54) is 0 Å². The molecule has 1 N–H and O–H groups in total. The standard InChI is InChI=1S/C21H28N4O4S/c1-23(2)14-15-25-17-9-12-24(21(26)16-6-5-11-22-16)13-10-18(17)29-19-7-3-4-8-20(19)30(25,27)28/h3-8,11,17-18,22H,9-10,12-15H2,1-2H3/t17-,18-/m0/s1. The minimum Gasteiger partial charge on any atom is -0.487 e. The van der Waals surface area contributed by atoms with Gasteiger partial charge in [-0.05, 0) is 44.8 Å². The van der Waals surface area contributed by atoms with Crippen LogP contribution in [0.3, 0.4) is 0 Å². The fourth-order valence-corrected chi connectivity index (χ4v) is 5.97. The van der Waals surface area contributed by atoms with Crippen molar-refractivity contribution in [2.24, 2.45) is 0 Å². The van der Waals surface area contributed by atoms with Gasteiger partial charge in [0.15, 0.2) is 0 Å². The summed E-state index contributed by atoms with van der Waals surface area (Å²) in [5.74, 6) is 0.323. The van der Waals surface area contributed by atoms with Gasteiger partial charge in [0.1, 0.15) is 22.4 Å². The number of nitrogens with one attached hydrogen (secondary N) is 1. The van der Waals surface area contributed by atoms with Gasteiger partial charge in [-0.25, -0.2) is 8.42 Å². The Kier molecular flexibility index (Phi) is 5.86. The molecule has 162 valence electrons. The number of ether oxygens (including phenoxy) is 1. The zero-order valence-electron chi connectivity index (χ0n) is 17.3. The average Bonchev–Trinajstić information content (AvgIpc) is 3.15. The second kappa shape index (κ2) is 8.41. The van der Waals surface area contributed by atoms with Gasteiger partial charge >= 0.3 is 0 Å². The molecule has 4 rings (SSSR count). The summed E-state index contributed by atoms with van der Waals surface area (Å²) in [5.41, 5.74) is 0.542. The number of likely N-dealkylation sites (N-methyl/N-ethyl adjacent to an activating group) is 1. The number of H-pyrrole nitrogens is 1. The number of aromatic nitrogens is 1. The summed E-state index contributed by atoms with van der Waals surface area (Å²) < 4.78 is 34.9. The van der Waals surface area contributed by atoms with Gasteiger partial charge in [-0.1, -0.05) is 12.1 Å². The Morgan fingerprint density at radius 2 is 1.93 bits per heavy atom. The highest BCUT2D eigenvalue weighted by atomic mass is 32.2. The quantitative estimate of drug-likeness (QED) is 0.794. The van der Waals surface area contributed by atoms with E-state index in [0.717, 1.165) is 0 Å². The molecule has 0 saturated carbocycles. The number of carbonyl (C=O) groups excluding carboxylic acids is 1. The number of likely N-dealkylation sites (tertiary alicyclic amines) is 1. The minimum absolute atomic E-state index is 0.0699. The maximum atomic E-state index is 13.5. The molecule has 0 bridgehead atoms. The number of carbonyl (C=O) groups is 1. The van der Waals surface area contributed by atoms with Crippen molar-refractivity contribution < 1.29 is 17.9 Å². The van der Waals surface area contributed by atoms with Crippen LogP contribution in [0, 0.1) is 0 Å². The number of fused-ring (bicyclic) bond motifs is 2. The summed E-state index contributed by atoms with van der Waals surface area (Å²) in [6.45, 7) is 1.98. The Morgan fingerprint density at radius 3 is 2.67 bits per heavy atom. The van der Waals surface area contributed by atoms with Crippen LogP contribution in [-0.2, 0) is 10.0 Å². The summed E-state index contributed by atoms with van der Waals surface area (Å²) in [6, 6.07) is 10.1. The molecule has 8 nitrogen and oxygen atoms in total. The van der Waals surface area contributed by atoms with E-state index in [-0.39, 0.29) is 22.9 Å². The van der Waals surface area contributed by atoms with Crippen molar-refractivity contribution in [1.29, 1.82) is 0 Å². The highest BCUT2D eigenvalue weighted by Crippen LogP contribution is 2.36. The first-order valence-corrected chi connectivity index (χ1v) is 11.7. The van der Waals surface area contributed by atoms with Crippen molar-refractivity contribution in [2.45, 2.75) is 29.9 Å².